The van der Waals surface area contributed by atoms with E-state index in [4.69, 9.17) is 5.73 Å². The first kappa shape index (κ1) is 7.55. The maximum absolute atomic E-state index is 5.78. The van der Waals surface area contributed by atoms with Crippen molar-refractivity contribution in [3.05, 3.63) is 24.3 Å². The number of hydrogen-bond donors (Lipinski definition) is 1. The third-order valence-electron chi connectivity index (χ3n) is 1.95. The second-order valence-electron chi connectivity index (χ2n) is 2.92. The maximum atomic E-state index is 5.78. The molecule has 2 N–H and O–H groups in total. The van der Waals surface area contributed by atoms with Crippen molar-refractivity contribution in [2.24, 2.45) is 5.73 Å². The predicted molar refractivity (Wildman–Crippen MR) is 44.7 cm³/mol. The summed E-state index contributed by atoms with van der Waals surface area (Å²) >= 11 is 0. The molecule has 56 valence electrons. The van der Waals surface area contributed by atoms with Crippen LogP contribution in [-0.4, -0.2) is 6.04 Å². The summed E-state index contributed by atoms with van der Waals surface area (Å²) in [5.41, 5.74) is 7.25. The van der Waals surface area contributed by atoms with Crippen molar-refractivity contribution >= 4 is 0 Å². The Morgan fingerprint density at radius 1 is 1.60 bits per heavy atom. The highest BCUT2D eigenvalue weighted by Gasteiger charge is 2.11. The summed E-state index contributed by atoms with van der Waals surface area (Å²) in [4.78, 5) is 0. The van der Waals surface area contributed by atoms with Gasteiger partial charge in [0.25, 0.3) is 0 Å². The molecule has 1 saturated carbocycles. The molecule has 1 aliphatic carbocycles. The molecule has 1 rings (SSSR count). The molecule has 0 aliphatic heterocycles. The van der Waals surface area contributed by atoms with E-state index < -0.39 is 0 Å². The van der Waals surface area contributed by atoms with Crippen LogP contribution >= 0.6 is 0 Å². The molecule has 0 aromatic rings. The summed E-state index contributed by atoms with van der Waals surface area (Å²) in [6.45, 7) is 3.66. The van der Waals surface area contributed by atoms with Gasteiger partial charge in [0.15, 0.2) is 0 Å². The lowest BCUT2D eigenvalue weighted by molar-refractivity contribution is 0.518. The smallest absolute Gasteiger partial charge is 0.00763 e. The Labute approximate surface area is 62.6 Å². The van der Waals surface area contributed by atoms with Gasteiger partial charge in [-0.3, -0.25) is 0 Å². The maximum Gasteiger partial charge on any atom is 0.00763 e. The second kappa shape index (κ2) is 3.57. The zero-order chi connectivity index (χ0) is 7.40. The van der Waals surface area contributed by atoms with Crippen LogP contribution < -0.4 is 5.73 Å². The Balaban J connectivity index is 2.46. The largest absolute Gasteiger partial charge is 0.327 e. The van der Waals surface area contributed by atoms with Crippen LogP contribution in [-0.2, 0) is 0 Å². The van der Waals surface area contributed by atoms with Crippen molar-refractivity contribution in [3.8, 4) is 0 Å². The van der Waals surface area contributed by atoms with Crippen LogP contribution in [0.3, 0.4) is 0 Å². The van der Waals surface area contributed by atoms with Gasteiger partial charge >= 0.3 is 0 Å². The molecule has 0 aromatic carbocycles. The van der Waals surface area contributed by atoms with E-state index in [1.165, 1.54) is 24.8 Å². The molecular formula is C9H15N. The van der Waals surface area contributed by atoms with E-state index in [9.17, 15) is 0 Å². The van der Waals surface area contributed by atoms with Gasteiger partial charge in [0, 0.05) is 6.04 Å². The molecule has 1 nitrogen and oxygen atoms in total. The van der Waals surface area contributed by atoms with E-state index in [2.05, 4.69) is 12.7 Å². The summed E-state index contributed by atoms with van der Waals surface area (Å²) in [7, 11) is 0. The molecule has 1 heteroatoms. The van der Waals surface area contributed by atoms with Crippen molar-refractivity contribution in [2.75, 3.05) is 0 Å². The van der Waals surface area contributed by atoms with Crippen LogP contribution in [0.15, 0.2) is 24.3 Å². The Kier molecular flexibility index (Phi) is 2.69. The third kappa shape index (κ3) is 1.99. The standard InChI is InChI=1S/C9H15N/c1-2-4-8-5-3-6-9(10)7-8/h2,4,9H,1,3,5-7,10H2. The molecule has 0 spiro atoms. The van der Waals surface area contributed by atoms with E-state index in [-0.39, 0.29) is 0 Å². The lowest BCUT2D eigenvalue weighted by Gasteiger charge is -2.19. The molecule has 10 heavy (non-hydrogen) atoms. The van der Waals surface area contributed by atoms with E-state index in [0.29, 0.717) is 6.04 Å². The molecule has 0 heterocycles. The molecule has 0 aromatic heterocycles. The van der Waals surface area contributed by atoms with Gasteiger partial charge in [-0.25, -0.2) is 0 Å². The van der Waals surface area contributed by atoms with Gasteiger partial charge in [0.1, 0.15) is 0 Å². The summed E-state index contributed by atoms with van der Waals surface area (Å²) in [6.07, 6.45) is 8.69. The summed E-state index contributed by atoms with van der Waals surface area (Å²) in [5.74, 6) is 0. The lowest BCUT2D eigenvalue weighted by Crippen LogP contribution is -2.23. The van der Waals surface area contributed by atoms with Crippen LogP contribution in [0.1, 0.15) is 25.7 Å². The van der Waals surface area contributed by atoms with Crippen molar-refractivity contribution in [1.82, 2.24) is 0 Å². The lowest BCUT2D eigenvalue weighted by atomic mass is 9.91. The van der Waals surface area contributed by atoms with Crippen LogP contribution in [0, 0.1) is 0 Å². The predicted octanol–water partition coefficient (Wildman–Crippen LogP) is 2.00. The van der Waals surface area contributed by atoms with Crippen LogP contribution in [0.25, 0.3) is 0 Å². The fraction of sp³-hybridized carbons (Fsp3) is 0.556. The molecular weight excluding hydrogens is 122 g/mol. The van der Waals surface area contributed by atoms with E-state index in [1.807, 2.05) is 6.08 Å². The van der Waals surface area contributed by atoms with Gasteiger partial charge in [0.2, 0.25) is 0 Å². The number of nitrogens with two attached hydrogens (primary N) is 1. The molecule has 1 aliphatic rings. The molecule has 0 bridgehead atoms. The zero-order valence-corrected chi connectivity index (χ0v) is 6.34. The minimum absolute atomic E-state index is 0.403. The van der Waals surface area contributed by atoms with Crippen molar-refractivity contribution < 1.29 is 0 Å². The molecule has 0 radical (unpaired) electrons. The SMILES string of the molecule is C=CC=C1CCCC(N)C1. The van der Waals surface area contributed by atoms with E-state index in [0.717, 1.165) is 6.42 Å². The first-order valence-electron chi connectivity index (χ1n) is 3.89. The van der Waals surface area contributed by atoms with Crippen LogP contribution in [0.5, 0.6) is 0 Å². The highest BCUT2D eigenvalue weighted by molar-refractivity contribution is 5.13. The Bertz CT molecular complexity index is 147. The van der Waals surface area contributed by atoms with Crippen LogP contribution in [0.4, 0.5) is 0 Å². The Hall–Kier alpha value is -0.560. The van der Waals surface area contributed by atoms with Gasteiger partial charge < -0.3 is 5.73 Å². The number of rotatable bonds is 1. The quantitative estimate of drug-likeness (QED) is 0.587. The van der Waals surface area contributed by atoms with Gasteiger partial charge in [-0.1, -0.05) is 24.3 Å². The normalized spacial score (nSPS) is 30.5. The highest BCUT2D eigenvalue weighted by atomic mass is 14.6. The monoisotopic (exact) mass is 137 g/mol. The minimum atomic E-state index is 0.403. The van der Waals surface area contributed by atoms with Gasteiger partial charge in [-0.05, 0) is 25.7 Å². The summed E-state index contributed by atoms with van der Waals surface area (Å²) < 4.78 is 0. The first-order valence-corrected chi connectivity index (χ1v) is 3.89. The Morgan fingerprint density at radius 2 is 2.40 bits per heavy atom. The Morgan fingerprint density at radius 3 is 3.00 bits per heavy atom. The fourth-order valence-electron chi connectivity index (χ4n) is 1.45. The van der Waals surface area contributed by atoms with E-state index in [1.54, 1.807) is 0 Å². The summed E-state index contributed by atoms with van der Waals surface area (Å²) in [6, 6.07) is 0.403. The number of allylic oxidation sites excluding steroid dienone is 2. The highest BCUT2D eigenvalue weighted by Crippen LogP contribution is 2.21. The molecule has 0 amide bonds. The molecule has 1 unspecified atom stereocenters. The van der Waals surface area contributed by atoms with Crippen molar-refractivity contribution in [2.45, 2.75) is 31.7 Å². The van der Waals surface area contributed by atoms with Crippen molar-refractivity contribution in [1.29, 1.82) is 0 Å². The average molecular weight is 137 g/mol. The molecule has 1 atom stereocenters. The first-order chi connectivity index (χ1) is 4.83. The summed E-state index contributed by atoms with van der Waals surface area (Å²) in [5, 5.41) is 0. The van der Waals surface area contributed by atoms with Crippen LogP contribution in [0.2, 0.25) is 0 Å². The van der Waals surface area contributed by atoms with Gasteiger partial charge in [-0.2, -0.15) is 0 Å². The fourth-order valence-corrected chi connectivity index (χ4v) is 1.45. The second-order valence-corrected chi connectivity index (χ2v) is 2.92. The average Bonchev–Trinajstić information content (AvgIpc) is 1.88. The van der Waals surface area contributed by atoms with Gasteiger partial charge in [0.05, 0.1) is 0 Å². The van der Waals surface area contributed by atoms with E-state index >= 15 is 0 Å². The molecule has 1 fully saturated rings. The minimum Gasteiger partial charge on any atom is -0.327 e. The third-order valence-corrected chi connectivity index (χ3v) is 1.95. The van der Waals surface area contributed by atoms with Gasteiger partial charge in [-0.15, -0.1) is 0 Å². The molecule has 0 saturated heterocycles. The topological polar surface area (TPSA) is 26.0 Å². The number of hydrogen-bond acceptors (Lipinski definition) is 1. The zero-order valence-electron chi connectivity index (χ0n) is 6.34. The van der Waals surface area contributed by atoms with Crippen molar-refractivity contribution in [3.63, 3.8) is 0 Å².